The fourth-order valence-corrected chi connectivity index (χ4v) is 2.40. The van der Waals surface area contributed by atoms with Crippen molar-refractivity contribution in [2.24, 2.45) is 5.92 Å². The molecule has 0 saturated carbocycles. The molecule has 1 saturated heterocycles. The molecule has 1 atom stereocenters. The Bertz CT molecular complexity index is 360. The summed E-state index contributed by atoms with van der Waals surface area (Å²) in [4.78, 5) is 26.4. The molecule has 0 aromatic rings. The van der Waals surface area contributed by atoms with Crippen molar-refractivity contribution in [2.45, 2.75) is 32.8 Å². The predicted molar refractivity (Wildman–Crippen MR) is 79.1 cm³/mol. The van der Waals surface area contributed by atoms with Crippen molar-refractivity contribution >= 4 is 12.0 Å². The predicted octanol–water partition coefficient (Wildman–Crippen LogP) is 0.195. The van der Waals surface area contributed by atoms with Gasteiger partial charge in [0.1, 0.15) is 0 Å². The summed E-state index contributed by atoms with van der Waals surface area (Å²) < 4.78 is 0. The highest BCUT2D eigenvalue weighted by Gasteiger charge is 2.25. The van der Waals surface area contributed by atoms with Crippen LogP contribution in [0.25, 0.3) is 0 Å². The monoisotopic (exact) mass is 301 g/mol. The summed E-state index contributed by atoms with van der Waals surface area (Å²) in [5, 5.41) is 21.2. The number of hydrogen-bond donors (Lipinski definition) is 3. The van der Waals surface area contributed by atoms with Crippen LogP contribution in [0.2, 0.25) is 0 Å². The first kappa shape index (κ1) is 17.7. The minimum Gasteiger partial charge on any atom is -0.481 e. The average molecular weight is 301 g/mol. The quantitative estimate of drug-likeness (QED) is 0.651. The zero-order chi connectivity index (χ0) is 16.0. The summed E-state index contributed by atoms with van der Waals surface area (Å²) in [6.45, 7) is 9.03. The maximum Gasteiger partial charge on any atom is 0.317 e. The van der Waals surface area contributed by atoms with E-state index in [2.05, 4.69) is 10.2 Å². The lowest BCUT2D eigenvalue weighted by molar-refractivity contribution is -0.137. The lowest BCUT2D eigenvalue weighted by Crippen LogP contribution is -2.54. The van der Waals surface area contributed by atoms with Crippen molar-refractivity contribution in [3.63, 3.8) is 0 Å². The van der Waals surface area contributed by atoms with Crippen LogP contribution < -0.4 is 5.32 Å². The number of carboxylic acids is 1. The zero-order valence-electron chi connectivity index (χ0n) is 13.1. The van der Waals surface area contributed by atoms with Crippen molar-refractivity contribution in [3.8, 4) is 0 Å². The summed E-state index contributed by atoms with van der Waals surface area (Å²) in [6.07, 6.45) is 0.0552. The average Bonchev–Trinajstić information content (AvgIpc) is 2.34. The van der Waals surface area contributed by atoms with Gasteiger partial charge in [0.15, 0.2) is 0 Å². The summed E-state index contributed by atoms with van der Waals surface area (Å²) in [6, 6.07) is -0.143. The Morgan fingerprint density at radius 2 is 1.81 bits per heavy atom. The number of hydrogen-bond acceptors (Lipinski definition) is 4. The number of aliphatic hydroxyl groups is 1. The summed E-state index contributed by atoms with van der Waals surface area (Å²) in [7, 11) is 0. The number of urea groups is 1. The zero-order valence-corrected chi connectivity index (χ0v) is 13.1. The molecule has 2 amide bonds. The van der Waals surface area contributed by atoms with Crippen molar-refractivity contribution in [2.75, 3.05) is 39.3 Å². The third kappa shape index (κ3) is 7.29. The van der Waals surface area contributed by atoms with E-state index in [4.69, 9.17) is 5.11 Å². The Labute approximate surface area is 125 Å². The number of piperazine rings is 1. The second kappa shape index (κ2) is 7.61. The molecule has 0 aromatic heterocycles. The first-order chi connectivity index (χ1) is 9.67. The van der Waals surface area contributed by atoms with Crippen LogP contribution in [0.5, 0.6) is 0 Å². The highest BCUT2D eigenvalue weighted by molar-refractivity contribution is 5.74. The Kier molecular flexibility index (Phi) is 6.42. The molecule has 0 aromatic carbocycles. The molecule has 1 unspecified atom stereocenters. The molecule has 0 spiro atoms. The Morgan fingerprint density at radius 1 is 1.24 bits per heavy atom. The fourth-order valence-electron chi connectivity index (χ4n) is 2.40. The van der Waals surface area contributed by atoms with Crippen LogP contribution in [0, 0.1) is 5.92 Å². The number of β-amino-alcohol motifs (C(OH)–C–C–N with tert-alkyl or cyclic N) is 1. The number of amides is 2. The van der Waals surface area contributed by atoms with Crippen LogP contribution in [0.4, 0.5) is 4.79 Å². The van der Waals surface area contributed by atoms with Gasteiger partial charge in [-0.25, -0.2) is 4.79 Å². The van der Waals surface area contributed by atoms with E-state index in [9.17, 15) is 14.7 Å². The molecule has 0 bridgehead atoms. The number of nitrogens with one attached hydrogen (secondary N) is 1. The van der Waals surface area contributed by atoms with Crippen LogP contribution in [-0.4, -0.2) is 76.9 Å². The van der Waals surface area contributed by atoms with Crippen LogP contribution in [-0.2, 0) is 4.79 Å². The molecule has 7 nitrogen and oxygen atoms in total. The van der Waals surface area contributed by atoms with Gasteiger partial charge in [0.2, 0.25) is 0 Å². The molecule has 21 heavy (non-hydrogen) atoms. The van der Waals surface area contributed by atoms with E-state index in [1.807, 2.05) is 0 Å². The highest BCUT2D eigenvalue weighted by atomic mass is 16.4. The lowest BCUT2D eigenvalue weighted by Gasteiger charge is -2.37. The van der Waals surface area contributed by atoms with Gasteiger partial charge < -0.3 is 20.4 Å². The van der Waals surface area contributed by atoms with Crippen LogP contribution in [0.3, 0.4) is 0 Å². The summed E-state index contributed by atoms with van der Waals surface area (Å²) >= 11 is 0. The van der Waals surface area contributed by atoms with E-state index in [-0.39, 0.29) is 18.4 Å². The van der Waals surface area contributed by atoms with Gasteiger partial charge in [-0.15, -0.1) is 0 Å². The topological polar surface area (TPSA) is 93.1 Å². The Morgan fingerprint density at radius 3 is 2.29 bits per heavy atom. The van der Waals surface area contributed by atoms with E-state index in [0.29, 0.717) is 26.2 Å². The number of carbonyl (C=O) groups is 2. The van der Waals surface area contributed by atoms with Gasteiger partial charge in [-0.2, -0.15) is 0 Å². The molecular weight excluding hydrogens is 274 g/mol. The smallest absolute Gasteiger partial charge is 0.317 e. The Hall–Kier alpha value is -1.34. The first-order valence-electron chi connectivity index (χ1n) is 7.36. The van der Waals surface area contributed by atoms with Gasteiger partial charge in [-0.3, -0.25) is 9.69 Å². The van der Waals surface area contributed by atoms with Gasteiger partial charge in [-0.1, -0.05) is 6.92 Å². The standard InChI is InChI=1S/C14H27N3O4/c1-11(8-12(18)19)9-15-13(20)17-6-4-16(5-7-17)10-14(2,3)21/h11,21H,4-10H2,1-3H3,(H,15,20)(H,18,19). The number of aliphatic carboxylic acids is 1. The van der Waals surface area contributed by atoms with E-state index in [0.717, 1.165) is 13.1 Å². The van der Waals surface area contributed by atoms with Crippen molar-refractivity contribution in [1.82, 2.24) is 15.1 Å². The molecule has 1 heterocycles. The van der Waals surface area contributed by atoms with Gasteiger partial charge in [0, 0.05) is 45.7 Å². The SMILES string of the molecule is CC(CNC(=O)N1CCN(CC(C)(C)O)CC1)CC(=O)O. The van der Waals surface area contributed by atoms with Crippen LogP contribution in [0.1, 0.15) is 27.2 Å². The van der Waals surface area contributed by atoms with Crippen molar-refractivity contribution in [1.29, 1.82) is 0 Å². The molecule has 122 valence electrons. The molecule has 1 rings (SSSR count). The van der Waals surface area contributed by atoms with Gasteiger partial charge >= 0.3 is 12.0 Å². The molecular formula is C14H27N3O4. The van der Waals surface area contributed by atoms with Gasteiger partial charge in [0.05, 0.1) is 5.60 Å². The van der Waals surface area contributed by atoms with Crippen LogP contribution >= 0.6 is 0 Å². The second-order valence-corrected chi connectivity index (χ2v) is 6.46. The molecule has 7 heteroatoms. The molecule has 1 aliphatic heterocycles. The molecule has 0 radical (unpaired) electrons. The lowest BCUT2D eigenvalue weighted by atomic mass is 10.1. The van der Waals surface area contributed by atoms with Crippen molar-refractivity contribution < 1.29 is 19.8 Å². The fraction of sp³-hybridized carbons (Fsp3) is 0.857. The second-order valence-electron chi connectivity index (χ2n) is 6.46. The largest absolute Gasteiger partial charge is 0.481 e. The number of rotatable bonds is 6. The summed E-state index contributed by atoms with van der Waals surface area (Å²) in [5.41, 5.74) is -0.726. The van der Waals surface area contributed by atoms with Crippen LogP contribution in [0.15, 0.2) is 0 Å². The third-order valence-electron chi connectivity index (χ3n) is 3.39. The molecule has 1 fully saturated rings. The minimum atomic E-state index is -0.850. The third-order valence-corrected chi connectivity index (χ3v) is 3.39. The van der Waals surface area contributed by atoms with E-state index in [1.165, 1.54) is 0 Å². The van der Waals surface area contributed by atoms with Gasteiger partial charge in [0.25, 0.3) is 0 Å². The molecule has 1 aliphatic rings. The maximum atomic E-state index is 12.0. The van der Waals surface area contributed by atoms with Gasteiger partial charge in [-0.05, 0) is 19.8 Å². The molecule has 3 N–H and O–H groups in total. The summed E-state index contributed by atoms with van der Waals surface area (Å²) in [5.74, 6) is -0.931. The minimum absolute atomic E-state index is 0.0552. The Balaban J connectivity index is 2.27. The number of carboxylic acid groups (broad SMARTS) is 1. The maximum absolute atomic E-state index is 12.0. The number of nitrogens with zero attached hydrogens (tertiary/aromatic N) is 2. The van der Waals surface area contributed by atoms with E-state index >= 15 is 0 Å². The molecule has 0 aliphatic carbocycles. The van der Waals surface area contributed by atoms with Crippen molar-refractivity contribution in [3.05, 3.63) is 0 Å². The number of carbonyl (C=O) groups excluding carboxylic acids is 1. The first-order valence-corrected chi connectivity index (χ1v) is 7.36. The highest BCUT2D eigenvalue weighted by Crippen LogP contribution is 2.09. The van der Waals surface area contributed by atoms with E-state index in [1.54, 1.807) is 25.7 Å². The van der Waals surface area contributed by atoms with E-state index < -0.39 is 11.6 Å². The normalized spacial score (nSPS) is 18.4.